The van der Waals surface area contributed by atoms with Crippen molar-refractivity contribution in [3.8, 4) is 11.8 Å². The first-order valence-electron chi connectivity index (χ1n) is 10.4. The van der Waals surface area contributed by atoms with E-state index in [1.54, 1.807) is 19.2 Å². The standard InChI is InChI=1S/C27H22F2N2O/c1-32-13-12-22-17-30-27(31-18-22)11-9-20-4-2-19(3-5-20)6-7-21-8-10-23-15-25(28)26(29)16-24(23)14-21/h2-5,8,10,14-18H,9,11-13H2,1H3. The van der Waals surface area contributed by atoms with Crippen LogP contribution in [0.2, 0.25) is 0 Å². The van der Waals surface area contributed by atoms with Crippen LogP contribution >= 0.6 is 0 Å². The van der Waals surface area contributed by atoms with Crippen LogP contribution in [0, 0.1) is 23.5 Å². The highest BCUT2D eigenvalue weighted by molar-refractivity contribution is 5.84. The molecule has 0 aliphatic carbocycles. The van der Waals surface area contributed by atoms with Gasteiger partial charge in [0.15, 0.2) is 11.6 Å². The Balaban J connectivity index is 1.37. The van der Waals surface area contributed by atoms with E-state index in [4.69, 9.17) is 4.74 Å². The van der Waals surface area contributed by atoms with Crippen molar-refractivity contribution in [3.63, 3.8) is 0 Å². The molecule has 0 fully saturated rings. The maximum Gasteiger partial charge on any atom is 0.159 e. The Kier molecular flexibility index (Phi) is 6.84. The van der Waals surface area contributed by atoms with Crippen LogP contribution in [-0.2, 0) is 24.0 Å². The summed E-state index contributed by atoms with van der Waals surface area (Å²) in [6, 6.07) is 15.8. The molecule has 3 nitrogen and oxygen atoms in total. The summed E-state index contributed by atoms with van der Waals surface area (Å²) in [5.74, 6) is 5.33. The second-order valence-electron chi connectivity index (χ2n) is 7.53. The zero-order valence-electron chi connectivity index (χ0n) is 17.7. The molecule has 0 aliphatic heterocycles. The first-order chi connectivity index (χ1) is 15.6. The van der Waals surface area contributed by atoms with E-state index in [0.717, 1.165) is 41.8 Å². The molecule has 32 heavy (non-hydrogen) atoms. The van der Waals surface area contributed by atoms with E-state index in [-0.39, 0.29) is 0 Å². The van der Waals surface area contributed by atoms with E-state index < -0.39 is 11.6 Å². The molecule has 4 aromatic rings. The summed E-state index contributed by atoms with van der Waals surface area (Å²) in [6.45, 7) is 0.664. The van der Waals surface area contributed by atoms with Gasteiger partial charge in [0.1, 0.15) is 5.82 Å². The molecule has 0 saturated carbocycles. The molecule has 0 amide bonds. The number of halogens is 2. The molecule has 160 valence electrons. The number of hydrogen-bond acceptors (Lipinski definition) is 3. The molecule has 0 spiro atoms. The molecule has 0 N–H and O–H groups in total. The molecule has 1 aromatic heterocycles. The number of methoxy groups -OCH3 is 1. The molecular weight excluding hydrogens is 406 g/mol. The van der Waals surface area contributed by atoms with Crippen LogP contribution in [0.4, 0.5) is 8.78 Å². The van der Waals surface area contributed by atoms with Gasteiger partial charge in [0.05, 0.1) is 6.61 Å². The Morgan fingerprint density at radius 3 is 2.09 bits per heavy atom. The van der Waals surface area contributed by atoms with Gasteiger partial charge in [-0.15, -0.1) is 0 Å². The fourth-order valence-corrected chi connectivity index (χ4v) is 3.33. The van der Waals surface area contributed by atoms with Crippen LogP contribution in [0.1, 0.15) is 28.1 Å². The molecule has 0 atom stereocenters. The molecule has 1 heterocycles. The third-order valence-corrected chi connectivity index (χ3v) is 5.18. The molecule has 3 aromatic carbocycles. The summed E-state index contributed by atoms with van der Waals surface area (Å²) in [5.41, 5.74) is 3.89. The van der Waals surface area contributed by atoms with Crippen LogP contribution in [0.25, 0.3) is 10.8 Å². The Morgan fingerprint density at radius 1 is 0.719 bits per heavy atom. The number of ether oxygens (including phenoxy) is 1. The van der Waals surface area contributed by atoms with Gasteiger partial charge in [0.2, 0.25) is 0 Å². The van der Waals surface area contributed by atoms with Crippen LogP contribution in [-0.4, -0.2) is 23.7 Å². The number of hydrogen-bond donors (Lipinski definition) is 0. The molecule has 0 aliphatic rings. The lowest BCUT2D eigenvalue weighted by molar-refractivity contribution is 0.202. The molecule has 0 radical (unpaired) electrons. The highest BCUT2D eigenvalue weighted by Gasteiger charge is 2.04. The first kappa shape index (κ1) is 21.6. The maximum absolute atomic E-state index is 13.5. The third-order valence-electron chi connectivity index (χ3n) is 5.18. The smallest absolute Gasteiger partial charge is 0.159 e. The van der Waals surface area contributed by atoms with Gasteiger partial charge in [-0.1, -0.05) is 30.0 Å². The quantitative estimate of drug-likeness (QED) is 0.392. The molecule has 0 unspecified atom stereocenters. The van der Waals surface area contributed by atoms with E-state index in [9.17, 15) is 8.78 Å². The third kappa shape index (κ3) is 5.54. The monoisotopic (exact) mass is 428 g/mol. The summed E-state index contributed by atoms with van der Waals surface area (Å²) in [5, 5.41) is 1.27. The van der Waals surface area contributed by atoms with Gasteiger partial charge in [-0.2, -0.15) is 0 Å². The van der Waals surface area contributed by atoms with Crippen molar-refractivity contribution in [2.24, 2.45) is 0 Å². The summed E-state index contributed by atoms with van der Waals surface area (Å²) >= 11 is 0. The fraction of sp³-hybridized carbons (Fsp3) is 0.185. The van der Waals surface area contributed by atoms with Gasteiger partial charge < -0.3 is 4.74 Å². The van der Waals surface area contributed by atoms with Crippen molar-refractivity contribution >= 4 is 10.8 Å². The van der Waals surface area contributed by atoms with Crippen LogP contribution < -0.4 is 0 Å². The van der Waals surface area contributed by atoms with Gasteiger partial charge in [-0.05, 0) is 71.1 Å². The second-order valence-corrected chi connectivity index (χ2v) is 7.53. The number of rotatable bonds is 6. The average Bonchev–Trinajstić information content (AvgIpc) is 2.82. The topological polar surface area (TPSA) is 35.0 Å². The van der Waals surface area contributed by atoms with E-state index in [2.05, 4.69) is 33.9 Å². The molecule has 4 rings (SSSR count). The van der Waals surface area contributed by atoms with Crippen molar-refractivity contribution in [2.45, 2.75) is 19.3 Å². The Bertz CT molecular complexity index is 1270. The summed E-state index contributed by atoms with van der Waals surface area (Å²) < 4.78 is 31.9. The molecule has 0 bridgehead atoms. The van der Waals surface area contributed by atoms with E-state index >= 15 is 0 Å². The van der Waals surface area contributed by atoms with E-state index in [0.29, 0.717) is 17.4 Å². The van der Waals surface area contributed by atoms with Gasteiger partial charge in [0, 0.05) is 37.1 Å². The minimum Gasteiger partial charge on any atom is -0.384 e. The van der Waals surface area contributed by atoms with Gasteiger partial charge in [-0.25, -0.2) is 18.7 Å². The van der Waals surface area contributed by atoms with Crippen LogP contribution in [0.15, 0.2) is 67.0 Å². The zero-order valence-corrected chi connectivity index (χ0v) is 17.7. The predicted octanol–water partition coefficient (Wildman–Crippen LogP) is 5.28. The van der Waals surface area contributed by atoms with Crippen molar-refractivity contribution in [1.29, 1.82) is 0 Å². The second kappa shape index (κ2) is 10.1. The SMILES string of the molecule is COCCc1cnc(CCc2ccc(C#Cc3ccc4cc(F)c(F)cc4c3)cc2)nc1. The molecule has 0 saturated heterocycles. The lowest BCUT2D eigenvalue weighted by Crippen LogP contribution is -2.01. The number of aromatic nitrogens is 2. The Hall–Kier alpha value is -3.62. The van der Waals surface area contributed by atoms with Crippen molar-refractivity contribution in [3.05, 3.63) is 107 Å². The van der Waals surface area contributed by atoms with Gasteiger partial charge in [0.25, 0.3) is 0 Å². The Morgan fingerprint density at radius 2 is 1.38 bits per heavy atom. The maximum atomic E-state index is 13.5. The van der Waals surface area contributed by atoms with Gasteiger partial charge >= 0.3 is 0 Å². The Labute approximate surface area is 186 Å². The lowest BCUT2D eigenvalue weighted by atomic mass is 10.1. The fourth-order valence-electron chi connectivity index (χ4n) is 3.33. The number of fused-ring (bicyclic) bond motifs is 1. The molecular formula is C27H22F2N2O. The first-order valence-corrected chi connectivity index (χ1v) is 10.4. The van der Waals surface area contributed by atoms with Crippen LogP contribution in [0.5, 0.6) is 0 Å². The van der Waals surface area contributed by atoms with Gasteiger partial charge in [-0.3, -0.25) is 0 Å². The minimum absolute atomic E-state index is 0.625. The highest BCUT2D eigenvalue weighted by atomic mass is 19.2. The summed E-state index contributed by atoms with van der Waals surface area (Å²) in [6.07, 6.45) is 6.14. The predicted molar refractivity (Wildman–Crippen MR) is 121 cm³/mol. The van der Waals surface area contributed by atoms with Crippen molar-refractivity contribution < 1.29 is 13.5 Å². The molecule has 5 heteroatoms. The summed E-state index contributed by atoms with van der Waals surface area (Å²) in [4.78, 5) is 8.85. The van der Waals surface area contributed by atoms with Crippen molar-refractivity contribution in [2.75, 3.05) is 13.7 Å². The minimum atomic E-state index is -0.856. The number of benzene rings is 3. The number of aryl methyl sites for hydroxylation is 2. The highest BCUT2D eigenvalue weighted by Crippen LogP contribution is 2.19. The van der Waals surface area contributed by atoms with Crippen molar-refractivity contribution in [1.82, 2.24) is 9.97 Å². The average molecular weight is 428 g/mol. The summed E-state index contributed by atoms with van der Waals surface area (Å²) in [7, 11) is 1.68. The normalized spacial score (nSPS) is 10.7. The number of nitrogens with zero attached hydrogens (tertiary/aromatic N) is 2. The van der Waals surface area contributed by atoms with E-state index in [1.807, 2.05) is 30.6 Å². The van der Waals surface area contributed by atoms with Crippen LogP contribution in [0.3, 0.4) is 0 Å². The zero-order chi connectivity index (χ0) is 22.3. The largest absolute Gasteiger partial charge is 0.384 e. The lowest BCUT2D eigenvalue weighted by Gasteiger charge is -2.03. The van der Waals surface area contributed by atoms with E-state index in [1.165, 1.54) is 17.7 Å².